The second kappa shape index (κ2) is 4.06. The van der Waals surface area contributed by atoms with Crippen LogP contribution in [0.2, 0.25) is 0 Å². The Morgan fingerprint density at radius 3 is 2.62 bits per heavy atom. The molecule has 1 N–H and O–H groups in total. The number of rotatable bonds is 2. The number of hydrogen-bond donors (Lipinski definition) is 1. The van der Waals surface area contributed by atoms with E-state index >= 15 is 0 Å². The number of hydrogen-bond acceptors (Lipinski definition) is 3. The van der Waals surface area contributed by atoms with E-state index in [0.29, 0.717) is 11.3 Å². The summed E-state index contributed by atoms with van der Waals surface area (Å²) in [4.78, 5) is 24.7. The SMILES string of the molecule is CC1CC(=O)N(c2ccccc2CO)C1=O. The van der Waals surface area contributed by atoms with Crippen molar-refractivity contribution < 1.29 is 14.7 Å². The van der Waals surface area contributed by atoms with Gasteiger partial charge in [-0.05, 0) is 6.07 Å². The predicted octanol–water partition coefficient (Wildman–Crippen LogP) is 1.08. The highest BCUT2D eigenvalue weighted by Gasteiger charge is 2.37. The lowest BCUT2D eigenvalue weighted by Gasteiger charge is -2.17. The minimum Gasteiger partial charge on any atom is -0.392 e. The normalized spacial score (nSPS) is 20.6. The van der Waals surface area contributed by atoms with Gasteiger partial charge < -0.3 is 5.11 Å². The summed E-state index contributed by atoms with van der Waals surface area (Å²) in [7, 11) is 0. The number of anilines is 1. The smallest absolute Gasteiger partial charge is 0.237 e. The summed E-state index contributed by atoms with van der Waals surface area (Å²) in [6.45, 7) is 1.56. The number of nitrogens with zero attached hydrogens (tertiary/aromatic N) is 1. The van der Waals surface area contributed by atoms with Crippen LogP contribution in [-0.2, 0) is 16.2 Å². The molecule has 84 valence electrons. The lowest BCUT2D eigenvalue weighted by Crippen LogP contribution is -2.30. The van der Waals surface area contributed by atoms with Crippen LogP contribution in [0.3, 0.4) is 0 Å². The lowest BCUT2D eigenvalue weighted by molar-refractivity contribution is -0.122. The Hall–Kier alpha value is -1.68. The molecule has 4 nitrogen and oxygen atoms in total. The van der Waals surface area contributed by atoms with Crippen molar-refractivity contribution in [1.29, 1.82) is 0 Å². The molecule has 0 saturated carbocycles. The third kappa shape index (κ3) is 1.61. The number of aliphatic hydroxyl groups excluding tert-OH is 1. The molecule has 1 fully saturated rings. The maximum absolute atomic E-state index is 11.8. The van der Waals surface area contributed by atoms with E-state index in [1.54, 1.807) is 31.2 Å². The molecular weight excluding hydrogens is 206 g/mol. The van der Waals surface area contributed by atoms with E-state index in [9.17, 15) is 9.59 Å². The average molecular weight is 219 g/mol. The van der Waals surface area contributed by atoms with Gasteiger partial charge in [-0.25, -0.2) is 4.90 Å². The maximum Gasteiger partial charge on any atom is 0.237 e. The molecule has 0 aliphatic carbocycles. The number of para-hydroxylation sites is 1. The largest absolute Gasteiger partial charge is 0.392 e. The Bertz CT molecular complexity index is 442. The summed E-state index contributed by atoms with van der Waals surface area (Å²) in [6, 6.07) is 6.90. The summed E-state index contributed by atoms with van der Waals surface area (Å²) in [5.41, 5.74) is 1.10. The summed E-state index contributed by atoms with van der Waals surface area (Å²) in [6.07, 6.45) is 0.249. The van der Waals surface area contributed by atoms with Crippen molar-refractivity contribution in [3.05, 3.63) is 29.8 Å². The highest BCUT2D eigenvalue weighted by atomic mass is 16.3. The molecule has 1 aromatic carbocycles. The van der Waals surface area contributed by atoms with Gasteiger partial charge in [0.15, 0.2) is 0 Å². The number of carbonyl (C=O) groups excluding carboxylic acids is 2. The minimum absolute atomic E-state index is 0.179. The third-order valence-corrected chi connectivity index (χ3v) is 2.78. The van der Waals surface area contributed by atoms with E-state index in [1.807, 2.05) is 0 Å². The lowest BCUT2D eigenvalue weighted by atomic mass is 10.1. The molecule has 1 atom stereocenters. The molecule has 1 aromatic rings. The molecule has 0 spiro atoms. The van der Waals surface area contributed by atoms with Gasteiger partial charge in [-0.1, -0.05) is 25.1 Å². The summed E-state index contributed by atoms with van der Waals surface area (Å²) in [5, 5.41) is 9.17. The maximum atomic E-state index is 11.8. The first-order chi connectivity index (χ1) is 7.65. The highest BCUT2D eigenvalue weighted by molar-refractivity contribution is 6.21. The molecule has 1 unspecified atom stereocenters. The van der Waals surface area contributed by atoms with Gasteiger partial charge >= 0.3 is 0 Å². The van der Waals surface area contributed by atoms with Crippen LogP contribution in [-0.4, -0.2) is 16.9 Å². The van der Waals surface area contributed by atoms with Crippen molar-refractivity contribution >= 4 is 17.5 Å². The molecule has 2 rings (SSSR count). The zero-order chi connectivity index (χ0) is 11.7. The first kappa shape index (κ1) is 10.8. The molecule has 1 aliphatic heterocycles. The molecule has 4 heteroatoms. The number of imide groups is 1. The molecule has 16 heavy (non-hydrogen) atoms. The Balaban J connectivity index is 2.44. The van der Waals surface area contributed by atoms with Crippen molar-refractivity contribution in [2.75, 3.05) is 4.90 Å². The van der Waals surface area contributed by atoms with Crippen LogP contribution in [0.15, 0.2) is 24.3 Å². The Morgan fingerprint density at radius 1 is 1.38 bits per heavy atom. The molecular formula is C12H13NO3. The summed E-state index contributed by atoms with van der Waals surface area (Å²) < 4.78 is 0. The van der Waals surface area contributed by atoms with Gasteiger partial charge in [0, 0.05) is 17.9 Å². The fraction of sp³-hybridized carbons (Fsp3) is 0.333. The van der Waals surface area contributed by atoms with Crippen LogP contribution >= 0.6 is 0 Å². The molecule has 1 heterocycles. The highest BCUT2D eigenvalue weighted by Crippen LogP contribution is 2.28. The quantitative estimate of drug-likeness (QED) is 0.757. The van der Waals surface area contributed by atoms with Crippen LogP contribution in [0.1, 0.15) is 18.9 Å². The van der Waals surface area contributed by atoms with Crippen molar-refractivity contribution in [2.24, 2.45) is 5.92 Å². The van der Waals surface area contributed by atoms with Crippen molar-refractivity contribution in [3.63, 3.8) is 0 Å². The average Bonchev–Trinajstić information content (AvgIpc) is 2.53. The Morgan fingerprint density at radius 2 is 2.06 bits per heavy atom. The van der Waals surface area contributed by atoms with E-state index in [-0.39, 0.29) is 30.8 Å². The topological polar surface area (TPSA) is 57.6 Å². The van der Waals surface area contributed by atoms with E-state index in [2.05, 4.69) is 0 Å². The second-order valence-corrected chi connectivity index (χ2v) is 3.96. The minimum atomic E-state index is -0.265. The van der Waals surface area contributed by atoms with Crippen LogP contribution in [0.25, 0.3) is 0 Å². The standard InChI is InChI=1S/C12H13NO3/c1-8-6-11(15)13(12(8)16)10-5-3-2-4-9(10)7-14/h2-5,8,14H,6-7H2,1H3. The summed E-state index contributed by atoms with van der Waals surface area (Å²) in [5.74, 6) is -0.649. The number of aliphatic hydroxyl groups is 1. The molecule has 1 saturated heterocycles. The zero-order valence-electron chi connectivity index (χ0n) is 9.01. The number of amides is 2. The fourth-order valence-electron chi connectivity index (χ4n) is 1.90. The molecule has 1 aliphatic rings. The van der Waals surface area contributed by atoms with E-state index < -0.39 is 0 Å². The van der Waals surface area contributed by atoms with Gasteiger partial charge in [0.25, 0.3) is 0 Å². The van der Waals surface area contributed by atoms with Gasteiger partial charge in [-0.3, -0.25) is 9.59 Å². The van der Waals surface area contributed by atoms with Gasteiger partial charge in [0.05, 0.1) is 12.3 Å². The zero-order valence-corrected chi connectivity index (χ0v) is 9.01. The monoisotopic (exact) mass is 219 g/mol. The first-order valence-electron chi connectivity index (χ1n) is 5.20. The van der Waals surface area contributed by atoms with E-state index in [4.69, 9.17) is 5.11 Å². The fourth-order valence-corrected chi connectivity index (χ4v) is 1.90. The van der Waals surface area contributed by atoms with Crippen molar-refractivity contribution in [3.8, 4) is 0 Å². The van der Waals surface area contributed by atoms with Crippen molar-refractivity contribution in [2.45, 2.75) is 20.0 Å². The van der Waals surface area contributed by atoms with Gasteiger partial charge in [0.1, 0.15) is 0 Å². The molecule has 0 bridgehead atoms. The molecule has 0 aromatic heterocycles. The van der Waals surface area contributed by atoms with Gasteiger partial charge in [-0.2, -0.15) is 0 Å². The number of benzene rings is 1. The van der Waals surface area contributed by atoms with Crippen LogP contribution in [0.4, 0.5) is 5.69 Å². The van der Waals surface area contributed by atoms with E-state index in [0.717, 1.165) is 0 Å². The van der Waals surface area contributed by atoms with E-state index in [1.165, 1.54) is 4.90 Å². The Kier molecular flexibility index (Phi) is 2.75. The third-order valence-electron chi connectivity index (χ3n) is 2.78. The van der Waals surface area contributed by atoms with Crippen LogP contribution in [0.5, 0.6) is 0 Å². The van der Waals surface area contributed by atoms with Crippen molar-refractivity contribution in [1.82, 2.24) is 0 Å². The molecule has 2 amide bonds. The first-order valence-corrected chi connectivity index (χ1v) is 5.20. The Labute approximate surface area is 93.5 Å². The number of carbonyl (C=O) groups is 2. The second-order valence-electron chi connectivity index (χ2n) is 3.96. The van der Waals surface area contributed by atoms with Crippen LogP contribution < -0.4 is 4.90 Å². The summed E-state index contributed by atoms with van der Waals surface area (Å²) >= 11 is 0. The van der Waals surface area contributed by atoms with Gasteiger partial charge in [0.2, 0.25) is 11.8 Å². The molecule has 0 radical (unpaired) electrons. The predicted molar refractivity (Wildman–Crippen MR) is 58.6 cm³/mol. The van der Waals surface area contributed by atoms with Crippen LogP contribution in [0, 0.1) is 5.92 Å². The van der Waals surface area contributed by atoms with Gasteiger partial charge in [-0.15, -0.1) is 0 Å².